The lowest BCUT2D eigenvalue weighted by Gasteiger charge is -2.14. The lowest BCUT2D eigenvalue weighted by Crippen LogP contribution is -2.32. The first-order valence-electron chi connectivity index (χ1n) is 9.82. The molecule has 1 saturated heterocycles. The van der Waals surface area contributed by atoms with Gasteiger partial charge >= 0.3 is 0 Å². The lowest BCUT2D eigenvalue weighted by molar-refractivity contribution is -0.123. The Morgan fingerprint density at radius 3 is 2.62 bits per heavy atom. The van der Waals surface area contributed by atoms with Gasteiger partial charge in [-0.3, -0.25) is 14.5 Å². The predicted molar refractivity (Wildman–Crippen MR) is 128 cm³/mol. The van der Waals surface area contributed by atoms with Gasteiger partial charge in [0.1, 0.15) is 23.9 Å². The van der Waals surface area contributed by atoms with Crippen LogP contribution in [0.2, 0.25) is 10.0 Å². The van der Waals surface area contributed by atoms with Crippen molar-refractivity contribution >= 4 is 52.2 Å². The molecule has 3 aromatic rings. The van der Waals surface area contributed by atoms with E-state index >= 15 is 0 Å². The van der Waals surface area contributed by atoms with E-state index in [1.807, 2.05) is 32.0 Å². The van der Waals surface area contributed by atoms with E-state index in [-0.39, 0.29) is 24.3 Å². The number of furan rings is 1. The second-order valence-electron chi connectivity index (χ2n) is 7.28. The average Bonchev–Trinajstić information content (AvgIpc) is 3.32. The molecule has 0 unspecified atom stereocenters. The molecule has 0 bridgehead atoms. The average molecular weight is 488 g/mol. The van der Waals surface area contributed by atoms with Crippen LogP contribution in [0.15, 0.2) is 57.9 Å². The van der Waals surface area contributed by atoms with Crippen LogP contribution in [0.5, 0.6) is 5.75 Å². The van der Waals surface area contributed by atoms with Crippen LogP contribution in [0.25, 0.3) is 17.4 Å². The normalized spacial score (nSPS) is 15.1. The highest BCUT2D eigenvalue weighted by Crippen LogP contribution is 2.34. The Morgan fingerprint density at radius 1 is 1.03 bits per heavy atom. The molecule has 32 heavy (non-hydrogen) atoms. The highest BCUT2D eigenvalue weighted by atomic mass is 35.5. The summed E-state index contributed by atoms with van der Waals surface area (Å²) < 4.78 is 11.6. The van der Waals surface area contributed by atoms with Gasteiger partial charge < -0.3 is 9.15 Å². The van der Waals surface area contributed by atoms with Crippen LogP contribution in [0.3, 0.4) is 0 Å². The van der Waals surface area contributed by atoms with E-state index in [9.17, 15) is 9.59 Å². The maximum Gasteiger partial charge on any atom is 0.293 e. The van der Waals surface area contributed by atoms with E-state index in [4.69, 9.17) is 32.4 Å². The third kappa shape index (κ3) is 4.88. The number of carbonyl (C=O) groups excluding carboxylic acids is 2. The molecule has 1 aliphatic rings. The van der Waals surface area contributed by atoms with E-state index in [1.54, 1.807) is 36.4 Å². The molecule has 5 nitrogen and oxygen atoms in total. The Kier molecular flexibility index (Phi) is 6.65. The molecule has 0 radical (unpaired) electrons. The fourth-order valence-corrected chi connectivity index (χ4v) is 4.31. The zero-order valence-electron chi connectivity index (χ0n) is 17.4. The zero-order chi connectivity index (χ0) is 22.8. The molecule has 2 aromatic carbocycles. The summed E-state index contributed by atoms with van der Waals surface area (Å²) in [5.41, 5.74) is 2.84. The third-order valence-electron chi connectivity index (χ3n) is 4.89. The van der Waals surface area contributed by atoms with Crippen molar-refractivity contribution in [2.45, 2.75) is 13.8 Å². The van der Waals surface area contributed by atoms with Crippen LogP contribution in [0, 0.1) is 13.8 Å². The number of ether oxygens (including phenoxy) is 1. The number of amides is 2. The van der Waals surface area contributed by atoms with Crippen molar-refractivity contribution in [3.05, 3.63) is 80.4 Å². The van der Waals surface area contributed by atoms with E-state index in [0.29, 0.717) is 26.5 Å². The molecule has 0 N–H and O–H groups in total. The Morgan fingerprint density at radius 2 is 1.84 bits per heavy atom. The molecular formula is C24H19Cl2NO4S. The Balaban J connectivity index is 1.42. The van der Waals surface area contributed by atoms with Gasteiger partial charge in [-0.05, 0) is 73.1 Å². The molecule has 2 heterocycles. The number of imide groups is 1. The second kappa shape index (κ2) is 9.45. The first kappa shape index (κ1) is 22.5. The number of hydrogen-bond acceptors (Lipinski definition) is 5. The summed E-state index contributed by atoms with van der Waals surface area (Å²) in [7, 11) is 0. The summed E-state index contributed by atoms with van der Waals surface area (Å²) in [6.45, 7) is 4.32. The van der Waals surface area contributed by atoms with Gasteiger partial charge in [0.15, 0.2) is 0 Å². The van der Waals surface area contributed by atoms with E-state index in [1.165, 1.54) is 4.90 Å². The molecule has 8 heteroatoms. The van der Waals surface area contributed by atoms with Gasteiger partial charge in [-0.2, -0.15) is 0 Å². The summed E-state index contributed by atoms with van der Waals surface area (Å²) in [5.74, 6) is 1.43. The molecule has 0 spiro atoms. The Bertz CT molecular complexity index is 1230. The van der Waals surface area contributed by atoms with Gasteiger partial charge in [-0.25, -0.2) is 0 Å². The Hall–Kier alpha value is -2.67. The molecule has 4 rings (SSSR count). The van der Waals surface area contributed by atoms with Crippen LogP contribution in [-0.4, -0.2) is 29.2 Å². The van der Waals surface area contributed by atoms with Crippen molar-refractivity contribution < 1.29 is 18.7 Å². The molecule has 0 aliphatic carbocycles. The quantitative estimate of drug-likeness (QED) is 0.350. The molecule has 0 atom stereocenters. The number of halogens is 2. The number of aryl methyl sites for hydroxylation is 2. The van der Waals surface area contributed by atoms with Crippen molar-refractivity contribution in [1.82, 2.24) is 4.90 Å². The first-order valence-corrected chi connectivity index (χ1v) is 11.4. The largest absolute Gasteiger partial charge is 0.491 e. The molecule has 1 aromatic heterocycles. The maximum atomic E-state index is 12.7. The Labute approximate surface area is 199 Å². The maximum absolute atomic E-state index is 12.7. The fraction of sp³-hybridized carbons (Fsp3) is 0.167. The standard InChI is InChI=1S/C24H19Cl2NO4S/c1-14-3-4-15(2)21(11-14)30-10-9-27-23(28)22(32-24(27)29)13-17-6-8-20(31-17)16-5-7-18(25)19(26)12-16/h3-8,11-13H,9-10H2,1-2H3/b22-13-. The zero-order valence-corrected chi connectivity index (χ0v) is 19.7. The highest BCUT2D eigenvalue weighted by Gasteiger charge is 2.35. The van der Waals surface area contributed by atoms with Gasteiger partial charge in [-0.15, -0.1) is 0 Å². The highest BCUT2D eigenvalue weighted by molar-refractivity contribution is 8.18. The molecular weight excluding hydrogens is 469 g/mol. The van der Waals surface area contributed by atoms with Crippen LogP contribution in [-0.2, 0) is 4.79 Å². The van der Waals surface area contributed by atoms with Gasteiger partial charge in [0.25, 0.3) is 11.1 Å². The molecule has 1 fully saturated rings. The van der Waals surface area contributed by atoms with Crippen molar-refractivity contribution in [3.63, 3.8) is 0 Å². The van der Waals surface area contributed by atoms with Gasteiger partial charge in [0.2, 0.25) is 0 Å². The fourth-order valence-electron chi connectivity index (χ4n) is 3.17. The molecule has 0 saturated carbocycles. The van der Waals surface area contributed by atoms with Gasteiger partial charge in [0, 0.05) is 11.6 Å². The monoisotopic (exact) mass is 487 g/mol. The van der Waals surface area contributed by atoms with Crippen molar-refractivity contribution in [3.8, 4) is 17.1 Å². The van der Waals surface area contributed by atoms with Crippen LogP contribution in [0.1, 0.15) is 16.9 Å². The van der Waals surface area contributed by atoms with Gasteiger partial charge in [-0.1, -0.05) is 35.3 Å². The number of thioether (sulfide) groups is 1. The van der Waals surface area contributed by atoms with Crippen molar-refractivity contribution in [2.75, 3.05) is 13.2 Å². The first-order chi connectivity index (χ1) is 15.3. The minimum atomic E-state index is -0.364. The smallest absolute Gasteiger partial charge is 0.293 e. The number of benzene rings is 2. The van der Waals surface area contributed by atoms with E-state index in [2.05, 4.69) is 0 Å². The summed E-state index contributed by atoms with van der Waals surface area (Å²) >= 11 is 12.9. The SMILES string of the molecule is Cc1ccc(C)c(OCCN2C(=O)S/C(=C\c3ccc(-c4ccc(Cl)c(Cl)c4)o3)C2=O)c1. The predicted octanol–water partition coefficient (Wildman–Crippen LogP) is 6.99. The topological polar surface area (TPSA) is 59.8 Å². The minimum absolute atomic E-state index is 0.169. The van der Waals surface area contributed by atoms with Crippen LogP contribution in [0.4, 0.5) is 4.79 Å². The summed E-state index contributed by atoms with van der Waals surface area (Å²) in [6, 6.07) is 14.6. The second-order valence-corrected chi connectivity index (χ2v) is 9.09. The molecule has 2 amide bonds. The molecule has 1 aliphatic heterocycles. The summed E-state index contributed by atoms with van der Waals surface area (Å²) in [5, 5.41) is 0.547. The van der Waals surface area contributed by atoms with Crippen LogP contribution >= 0.6 is 35.0 Å². The van der Waals surface area contributed by atoms with E-state index in [0.717, 1.165) is 34.2 Å². The summed E-state index contributed by atoms with van der Waals surface area (Å²) in [4.78, 5) is 26.6. The minimum Gasteiger partial charge on any atom is -0.491 e. The summed E-state index contributed by atoms with van der Waals surface area (Å²) in [6.07, 6.45) is 1.57. The molecule has 164 valence electrons. The van der Waals surface area contributed by atoms with Gasteiger partial charge in [0.05, 0.1) is 21.5 Å². The van der Waals surface area contributed by atoms with E-state index < -0.39 is 0 Å². The number of nitrogens with zero attached hydrogens (tertiary/aromatic N) is 1. The number of carbonyl (C=O) groups is 2. The van der Waals surface area contributed by atoms with Crippen LogP contribution < -0.4 is 4.74 Å². The lowest BCUT2D eigenvalue weighted by atomic mass is 10.1. The van der Waals surface area contributed by atoms with Crippen molar-refractivity contribution in [1.29, 1.82) is 0 Å². The van der Waals surface area contributed by atoms with Crippen molar-refractivity contribution in [2.24, 2.45) is 0 Å². The number of hydrogen-bond donors (Lipinski definition) is 0. The third-order valence-corrected chi connectivity index (χ3v) is 6.54. The number of rotatable bonds is 6.